The first-order valence-electron chi connectivity index (χ1n) is 12.0. The molecule has 192 valence electrons. The van der Waals surface area contributed by atoms with Crippen molar-refractivity contribution >= 4 is 34.3 Å². The van der Waals surface area contributed by atoms with Crippen LogP contribution in [0.4, 0.5) is 15.7 Å². The molecule has 11 heteroatoms. The third kappa shape index (κ3) is 7.78. The van der Waals surface area contributed by atoms with Crippen molar-refractivity contribution < 1.29 is 19.1 Å². The lowest BCUT2D eigenvalue weighted by molar-refractivity contribution is -0.125. The van der Waals surface area contributed by atoms with E-state index in [-0.39, 0.29) is 19.1 Å². The second-order valence-electron chi connectivity index (χ2n) is 9.59. The Hall–Kier alpha value is -2.95. The van der Waals surface area contributed by atoms with E-state index in [0.29, 0.717) is 29.9 Å². The minimum atomic E-state index is -0.686. The van der Waals surface area contributed by atoms with E-state index in [9.17, 15) is 9.59 Å². The maximum Gasteiger partial charge on any atom is 0.410 e. The molecule has 0 aromatic carbocycles. The average molecular weight is 505 g/mol. The lowest BCUT2D eigenvalue weighted by Crippen LogP contribution is -2.48. The van der Waals surface area contributed by atoms with Gasteiger partial charge in [-0.05, 0) is 46.5 Å². The number of likely N-dealkylation sites (N-methyl/N-ethyl adjacent to an activating group) is 1. The minimum absolute atomic E-state index is 0.220. The van der Waals surface area contributed by atoms with Gasteiger partial charge in [0.2, 0.25) is 11.8 Å². The first kappa shape index (κ1) is 26.7. The predicted octanol–water partition coefficient (Wildman–Crippen LogP) is 4.26. The Morgan fingerprint density at radius 1 is 1.29 bits per heavy atom. The van der Waals surface area contributed by atoms with Gasteiger partial charge in [0, 0.05) is 30.6 Å². The molecule has 2 N–H and O–H groups in total. The van der Waals surface area contributed by atoms with Crippen LogP contribution in [0.25, 0.3) is 0 Å². The summed E-state index contributed by atoms with van der Waals surface area (Å²) in [5.41, 5.74) is -0.629. The van der Waals surface area contributed by atoms with Gasteiger partial charge in [-0.25, -0.2) is 14.8 Å². The number of aryl methyl sites for hydroxylation is 1. The van der Waals surface area contributed by atoms with Crippen molar-refractivity contribution in [1.29, 1.82) is 0 Å². The van der Waals surface area contributed by atoms with Gasteiger partial charge in [-0.2, -0.15) is 4.98 Å². The zero-order valence-corrected chi connectivity index (χ0v) is 22.2. The highest BCUT2D eigenvalue weighted by atomic mass is 32.1. The second-order valence-corrected chi connectivity index (χ2v) is 10.7. The molecule has 10 nitrogen and oxygen atoms in total. The fourth-order valence-corrected chi connectivity index (χ4v) is 4.24. The maximum atomic E-state index is 12.4. The van der Waals surface area contributed by atoms with Crippen LogP contribution in [0.3, 0.4) is 0 Å². The monoisotopic (exact) mass is 504 g/mol. The van der Waals surface area contributed by atoms with Crippen molar-refractivity contribution in [3.63, 3.8) is 0 Å². The summed E-state index contributed by atoms with van der Waals surface area (Å²) in [6.45, 7) is 9.44. The zero-order chi connectivity index (χ0) is 25.6. The number of thiazole rings is 1. The predicted molar refractivity (Wildman–Crippen MR) is 135 cm³/mol. The summed E-state index contributed by atoms with van der Waals surface area (Å²) in [5.74, 6) is 2.03. The molecule has 0 spiro atoms. The van der Waals surface area contributed by atoms with Crippen LogP contribution in [-0.4, -0.2) is 63.7 Å². The molecule has 2 aromatic heterocycles. The van der Waals surface area contributed by atoms with E-state index in [1.54, 1.807) is 45.1 Å². The largest absolute Gasteiger partial charge is 0.476 e. The molecular formula is C24H36N6O4S. The van der Waals surface area contributed by atoms with E-state index in [0.717, 1.165) is 5.13 Å². The van der Waals surface area contributed by atoms with Crippen molar-refractivity contribution in [2.45, 2.75) is 77.9 Å². The zero-order valence-electron chi connectivity index (χ0n) is 21.4. The normalized spacial score (nSPS) is 14.6. The van der Waals surface area contributed by atoms with E-state index in [4.69, 9.17) is 9.47 Å². The van der Waals surface area contributed by atoms with Crippen molar-refractivity contribution in [3.05, 3.63) is 23.0 Å². The van der Waals surface area contributed by atoms with Gasteiger partial charge in [0.05, 0.1) is 6.54 Å². The molecule has 0 aliphatic heterocycles. The van der Waals surface area contributed by atoms with Crippen LogP contribution in [0, 0.1) is 0 Å². The number of ether oxygens (including phenoxy) is 2. The molecule has 1 saturated carbocycles. The summed E-state index contributed by atoms with van der Waals surface area (Å²) in [6.07, 6.45) is 5.81. The van der Waals surface area contributed by atoms with Crippen LogP contribution >= 0.6 is 11.3 Å². The lowest BCUT2D eigenvalue weighted by atomic mass is 9.85. The average Bonchev–Trinajstić information content (AvgIpc) is 3.20. The maximum absolute atomic E-state index is 12.4. The first-order valence-corrected chi connectivity index (χ1v) is 12.8. The van der Waals surface area contributed by atoms with Gasteiger partial charge in [0.15, 0.2) is 5.13 Å². The number of carbonyl (C=O) groups excluding carboxylic acids is 2. The Morgan fingerprint density at radius 3 is 2.66 bits per heavy atom. The van der Waals surface area contributed by atoms with Crippen LogP contribution < -0.4 is 15.4 Å². The van der Waals surface area contributed by atoms with E-state index in [1.165, 1.54) is 36.1 Å². The summed E-state index contributed by atoms with van der Waals surface area (Å²) in [5, 5.41) is 6.84. The van der Waals surface area contributed by atoms with Crippen LogP contribution in [0.5, 0.6) is 5.88 Å². The number of nitrogens with zero attached hydrogens (tertiary/aromatic N) is 4. The van der Waals surface area contributed by atoms with Crippen molar-refractivity contribution in [2.24, 2.45) is 0 Å². The third-order valence-corrected chi connectivity index (χ3v) is 6.70. The van der Waals surface area contributed by atoms with Gasteiger partial charge in [0.25, 0.3) is 0 Å². The smallest absolute Gasteiger partial charge is 0.410 e. The van der Waals surface area contributed by atoms with E-state index >= 15 is 0 Å². The molecule has 1 aliphatic rings. The SMILES string of the molecule is CCc1nc(Nc2ncc(C3CCC3)s2)cc(OCCNC(=O)C(C)N(C)C(=O)OC(C)(C)C)n1. The quantitative estimate of drug-likeness (QED) is 0.461. The van der Waals surface area contributed by atoms with Crippen LogP contribution in [0.2, 0.25) is 0 Å². The number of anilines is 2. The molecule has 2 amide bonds. The van der Waals surface area contributed by atoms with Crippen LogP contribution in [0.15, 0.2) is 12.3 Å². The fraction of sp³-hybridized carbons (Fsp3) is 0.625. The molecule has 35 heavy (non-hydrogen) atoms. The number of rotatable bonds is 10. The summed E-state index contributed by atoms with van der Waals surface area (Å²) in [4.78, 5) is 40.6. The Morgan fingerprint density at radius 2 is 2.03 bits per heavy atom. The number of nitrogens with one attached hydrogen (secondary N) is 2. The van der Waals surface area contributed by atoms with Crippen molar-refractivity contribution in [1.82, 2.24) is 25.2 Å². The molecule has 1 unspecified atom stereocenters. The van der Waals surface area contributed by atoms with E-state index in [2.05, 4.69) is 25.6 Å². The molecule has 0 radical (unpaired) electrons. The van der Waals surface area contributed by atoms with Crippen molar-refractivity contribution in [3.8, 4) is 5.88 Å². The number of hydrogen-bond donors (Lipinski definition) is 2. The molecule has 0 bridgehead atoms. The Balaban J connectivity index is 1.49. The summed E-state index contributed by atoms with van der Waals surface area (Å²) >= 11 is 1.66. The Labute approximate surface area is 210 Å². The third-order valence-electron chi connectivity index (χ3n) is 5.62. The van der Waals surface area contributed by atoms with Gasteiger partial charge >= 0.3 is 6.09 Å². The highest BCUT2D eigenvalue weighted by molar-refractivity contribution is 7.15. The highest BCUT2D eigenvalue weighted by Crippen LogP contribution is 2.40. The summed E-state index contributed by atoms with van der Waals surface area (Å²) in [6, 6.07) is 1.04. The van der Waals surface area contributed by atoms with Gasteiger partial charge in [-0.3, -0.25) is 9.69 Å². The van der Waals surface area contributed by atoms with Gasteiger partial charge < -0.3 is 20.1 Å². The van der Waals surface area contributed by atoms with Crippen LogP contribution in [0.1, 0.15) is 70.5 Å². The molecule has 1 atom stereocenters. The molecule has 2 aromatic rings. The second kappa shape index (κ2) is 11.7. The lowest BCUT2D eigenvalue weighted by Gasteiger charge is -2.28. The summed E-state index contributed by atoms with van der Waals surface area (Å²) in [7, 11) is 1.54. The molecule has 0 saturated heterocycles. The number of hydrogen-bond acceptors (Lipinski definition) is 9. The molecule has 1 aliphatic carbocycles. The molecular weight excluding hydrogens is 468 g/mol. The Bertz CT molecular complexity index is 1020. The van der Waals surface area contributed by atoms with Gasteiger partial charge in [-0.1, -0.05) is 13.3 Å². The van der Waals surface area contributed by atoms with Crippen molar-refractivity contribution in [2.75, 3.05) is 25.5 Å². The minimum Gasteiger partial charge on any atom is -0.476 e. The van der Waals surface area contributed by atoms with Crippen LogP contribution in [-0.2, 0) is 16.0 Å². The molecule has 3 rings (SSSR count). The van der Waals surface area contributed by atoms with E-state index < -0.39 is 17.7 Å². The van der Waals surface area contributed by atoms with Gasteiger partial charge in [0.1, 0.15) is 29.9 Å². The topological polar surface area (TPSA) is 119 Å². The number of carbonyl (C=O) groups is 2. The molecule has 1 fully saturated rings. The highest BCUT2D eigenvalue weighted by Gasteiger charge is 2.26. The summed E-state index contributed by atoms with van der Waals surface area (Å²) < 4.78 is 11.1. The standard InChI is InChI=1S/C24H36N6O4S/c1-7-18-27-19(29-22-26-14-17(35-22)16-9-8-10-16)13-20(28-18)33-12-11-25-21(31)15(2)30(6)23(32)34-24(3,4)5/h13-16H,7-12H2,1-6H3,(H,25,31)(H,26,27,28,29). The Kier molecular flexibility index (Phi) is 8.87. The first-order chi connectivity index (χ1) is 16.6. The number of aromatic nitrogens is 3. The van der Waals surface area contributed by atoms with Gasteiger partial charge in [-0.15, -0.1) is 11.3 Å². The molecule has 2 heterocycles. The van der Waals surface area contributed by atoms with E-state index in [1.807, 2.05) is 13.1 Å². The number of amides is 2. The fourth-order valence-electron chi connectivity index (χ4n) is 3.25.